The largest absolute Gasteiger partial charge is 0.507 e. The van der Waals surface area contributed by atoms with Crippen LogP contribution in [-0.2, 0) is 14.3 Å². The van der Waals surface area contributed by atoms with Gasteiger partial charge >= 0.3 is 0 Å². The molecule has 1 N–H and O–H groups in total. The molecule has 2 heterocycles. The number of carbonyl (C=O) groups is 2. The van der Waals surface area contributed by atoms with Crippen molar-refractivity contribution in [2.75, 3.05) is 27.4 Å². The lowest BCUT2D eigenvalue weighted by Gasteiger charge is -2.25. The van der Waals surface area contributed by atoms with Gasteiger partial charge in [0.1, 0.15) is 17.3 Å². The highest BCUT2D eigenvalue weighted by atomic mass is 35.5. The highest BCUT2D eigenvalue weighted by Gasteiger charge is 2.46. The van der Waals surface area contributed by atoms with Gasteiger partial charge in [-0.2, -0.15) is 0 Å². The summed E-state index contributed by atoms with van der Waals surface area (Å²) in [7, 11) is 2.87. The van der Waals surface area contributed by atoms with Crippen LogP contribution in [0.1, 0.15) is 31.0 Å². The SMILES string of the molecule is COc1cc(OC)c(/C(O)=C2\C(=O)C(=O)N(CCOC(C)C)C2c2ccncc2)cc1Cl. The third kappa shape index (κ3) is 4.56. The van der Waals surface area contributed by atoms with Crippen molar-refractivity contribution < 1.29 is 28.9 Å². The smallest absolute Gasteiger partial charge is 0.295 e. The van der Waals surface area contributed by atoms with Crippen molar-refractivity contribution in [3.05, 3.63) is 58.4 Å². The number of hydrogen-bond donors (Lipinski definition) is 1. The number of aliphatic hydroxyl groups is 1. The number of halogens is 1. The first-order valence-electron chi connectivity index (χ1n) is 10.0. The van der Waals surface area contributed by atoms with Gasteiger partial charge in [-0.1, -0.05) is 11.6 Å². The molecule has 0 radical (unpaired) electrons. The van der Waals surface area contributed by atoms with Crippen LogP contribution in [0.2, 0.25) is 5.02 Å². The van der Waals surface area contributed by atoms with E-state index in [-0.39, 0.29) is 46.9 Å². The summed E-state index contributed by atoms with van der Waals surface area (Å²) in [6.45, 7) is 4.18. The summed E-state index contributed by atoms with van der Waals surface area (Å²) in [6, 6.07) is 5.51. The van der Waals surface area contributed by atoms with Gasteiger partial charge in [-0.15, -0.1) is 0 Å². The van der Waals surface area contributed by atoms with Crippen LogP contribution in [0.4, 0.5) is 0 Å². The van der Waals surface area contributed by atoms with E-state index in [1.54, 1.807) is 24.5 Å². The minimum Gasteiger partial charge on any atom is -0.507 e. The monoisotopic (exact) mass is 460 g/mol. The summed E-state index contributed by atoms with van der Waals surface area (Å²) in [5.41, 5.74) is 0.739. The van der Waals surface area contributed by atoms with Crippen LogP contribution in [0.5, 0.6) is 11.5 Å². The Hall–Kier alpha value is -3.10. The molecule has 0 saturated carbocycles. The number of methoxy groups -OCH3 is 2. The molecule has 0 aliphatic carbocycles. The van der Waals surface area contributed by atoms with E-state index in [4.69, 9.17) is 25.8 Å². The van der Waals surface area contributed by atoms with Gasteiger partial charge in [0.05, 0.1) is 49.1 Å². The summed E-state index contributed by atoms with van der Waals surface area (Å²) < 4.78 is 16.2. The molecule has 0 bridgehead atoms. The van der Waals surface area contributed by atoms with Crippen molar-refractivity contribution in [3.63, 3.8) is 0 Å². The zero-order chi connectivity index (χ0) is 23.4. The van der Waals surface area contributed by atoms with E-state index >= 15 is 0 Å². The standard InChI is InChI=1S/C23H25ClN2O6/c1-13(2)32-10-9-26-20(14-5-7-25-8-6-14)19(22(28)23(26)29)21(27)15-11-16(24)18(31-4)12-17(15)30-3/h5-8,11-13,20,27H,9-10H2,1-4H3/b21-19+. The van der Waals surface area contributed by atoms with E-state index in [1.807, 2.05) is 13.8 Å². The minimum absolute atomic E-state index is 0.0306. The summed E-state index contributed by atoms with van der Waals surface area (Å²) in [5.74, 6) is -1.33. The van der Waals surface area contributed by atoms with Gasteiger partial charge in [0.2, 0.25) is 0 Å². The van der Waals surface area contributed by atoms with E-state index in [2.05, 4.69) is 4.98 Å². The lowest BCUT2D eigenvalue weighted by Crippen LogP contribution is -2.33. The average molecular weight is 461 g/mol. The van der Waals surface area contributed by atoms with Crippen molar-refractivity contribution in [1.29, 1.82) is 0 Å². The number of hydrogen-bond acceptors (Lipinski definition) is 7. The molecule has 1 saturated heterocycles. The van der Waals surface area contributed by atoms with Crippen molar-refractivity contribution in [3.8, 4) is 11.5 Å². The summed E-state index contributed by atoms with van der Waals surface area (Å²) in [6.07, 6.45) is 3.09. The van der Waals surface area contributed by atoms with E-state index in [9.17, 15) is 14.7 Å². The molecule has 32 heavy (non-hydrogen) atoms. The van der Waals surface area contributed by atoms with Gasteiger partial charge < -0.3 is 24.2 Å². The van der Waals surface area contributed by atoms with Crippen LogP contribution in [0.15, 0.2) is 42.2 Å². The molecule has 1 amide bonds. The molecule has 1 aliphatic rings. The summed E-state index contributed by atoms with van der Waals surface area (Å²) >= 11 is 6.25. The lowest BCUT2D eigenvalue weighted by atomic mass is 9.95. The first-order valence-corrected chi connectivity index (χ1v) is 10.4. The van der Waals surface area contributed by atoms with Crippen LogP contribution in [0.25, 0.3) is 5.76 Å². The zero-order valence-corrected chi connectivity index (χ0v) is 19.0. The maximum Gasteiger partial charge on any atom is 0.295 e. The Morgan fingerprint density at radius 1 is 1.16 bits per heavy atom. The number of benzene rings is 1. The van der Waals surface area contributed by atoms with Gasteiger partial charge in [-0.3, -0.25) is 14.6 Å². The summed E-state index contributed by atoms with van der Waals surface area (Å²) in [5, 5.41) is 11.4. The Labute approximate surface area is 191 Å². The lowest BCUT2D eigenvalue weighted by molar-refractivity contribution is -0.140. The van der Waals surface area contributed by atoms with Gasteiger partial charge in [0.15, 0.2) is 0 Å². The number of aromatic nitrogens is 1. The number of carbonyl (C=O) groups excluding carboxylic acids is 2. The number of amides is 1. The predicted octanol–water partition coefficient (Wildman–Crippen LogP) is 3.60. The molecule has 2 aromatic rings. The van der Waals surface area contributed by atoms with Gasteiger partial charge in [-0.05, 0) is 37.6 Å². The van der Waals surface area contributed by atoms with Crippen LogP contribution in [0, 0.1) is 0 Å². The normalized spacial score (nSPS) is 17.8. The number of rotatable bonds is 8. The number of likely N-dealkylation sites (tertiary alicyclic amines) is 1. The molecule has 3 rings (SSSR count). The number of ketones is 1. The minimum atomic E-state index is -0.820. The highest BCUT2D eigenvalue weighted by molar-refractivity contribution is 6.46. The molecule has 1 atom stereocenters. The van der Waals surface area contributed by atoms with Crippen LogP contribution >= 0.6 is 11.6 Å². The average Bonchev–Trinajstić information content (AvgIpc) is 3.03. The Balaban J connectivity index is 2.16. The van der Waals surface area contributed by atoms with E-state index < -0.39 is 17.7 Å². The molecule has 170 valence electrons. The second kappa shape index (κ2) is 10.0. The first kappa shape index (κ1) is 23.6. The van der Waals surface area contributed by atoms with Crippen molar-refractivity contribution in [2.24, 2.45) is 0 Å². The predicted molar refractivity (Wildman–Crippen MR) is 119 cm³/mol. The number of pyridine rings is 1. The van der Waals surface area contributed by atoms with E-state index in [0.29, 0.717) is 11.3 Å². The number of Topliss-reactive ketones (excluding diaryl/α,β-unsaturated/α-hetero) is 1. The quantitative estimate of drug-likeness (QED) is 0.365. The Morgan fingerprint density at radius 3 is 2.41 bits per heavy atom. The Bertz CT molecular complexity index is 1040. The van der Waals surface area contributed by atoms with Gasteiger partial charge in [0, 0.05) is 25.0 Å². The molecule has 1 unspecified atom stereocenters. The topological polar surface area (TPSA) is 98.2 Å². The summed E-state index contributed by atoms with van der Waals surface area (Å²) in [4.78, 5) is 31.4. The second-order valence-corrected chi connectivity index (χ2v) is 7.79. The van der Waals surface area contributed by atoms with Gasteiger partial charge in [-0.25, -0.2) is 0 Å². The zero-order valence-electron chi connectivity index (χ0n) is 18.3. The Kier molecular flexibility index (Phi) is 7.37. The third-order valence-electron chi connectivity index (χ3n) is 5.07. The fraction of sp³-hybridized carbons (Fsp3) is 0.348. The van der Waals surface area contributed by atoms with E-state index in [1.165, 1.54) is 31.3 Å². The van der Waals surface area contributed by atoms with Crippen molar-refractivity contribution in [2.45, 2.75) is 26.0 Å². The molecule has 1 aliphatic heterocycles. The molecule has 9 heteroatoms. The number of aliphatic hydroxyl groups excluding tert-OH is 1. The first-order chi connectivity index (χ1) is 15.3. The third-order valence-corrected chi connectivity index (χ3v) is 5.37. The second-order valence-electron chi connectivity index (χ2n) is 7.38. The highest BCUT2D eigenvalue weighted by Crippen LogP contribution is 2.42. The molecule has 1 aromatic heterocycles. The fourth-order valence-corrected chi connectivity index (χ4v) is 3.82. The maximum absolute atomic E-state index is 13.1. The fourth-order valence-electron chi connectivity index (χ4n) is 3.58. The van der Waals surface area contributed by atoms with Crippen LogP contribution < -0.4 is 9.47 Å². The maximum atomic E-state index is 13.1. The van der Waals surface area contributed by atoms with Crippen molar-refractivity contribution >= 4 is 29.1 Å². The van der Waals surface area contributed by atoms with Crippen LogP contribution in [0.3, 0.4) is 0 Å². The number of nitrogens with zero attached hydrogens (tertiary/aromatic N) is 2. The van der Waals surface area contributed by atoms with E-state index in [0.717, 1.165) is 0 Å². The molecular formula is C23H25ClN2O6. The molecule has 0 spiro atoms. The molecular weight excluding hydrogens is 436 g/mol. The Morgan fingerprint density at radius 2 is 1.81 bits per heavy atom. The number of ether oxygens (including phenoxy) is 3. The van der Waals surface area contributed by atoms with Gasteiger partial charge in [0.25, 0.3) is 11.7 Å². The van der Waals surface area contributed by atoms with Crippen LogP contribution in [-0.4, -0.2) is 60.2 Å². The molecule has 8 nitrogen and oxygen atoms in total. The molecule has 1 aromatic carbocycles. The van der Waals surface area contributed by atoms with Crippen molar-refractivity contribution in [1.82, 2.24) is 9.88 Å². The molecule has 1 fully saturated rings.